The molecule has 0 aliphatic carbocycles. The number of piperazine rings is 1. The summed E-state index contributed by atoms with van der Waals surface area (Å²) in [6.07, 6.45) is 0. The summed E-state index contributed by atoms with van der Waals surface area (Å²) in [6.45, 7) is 4.17. The number of aromatic carboxylic acids is 1. The summed E-state index contributed by atoms with van der Waals surface area (Å²) in [4.78, 5) is 25.4. The Bertz CT molecular complexity index is 1050. The maximum Gasteiger partial charge on any atom is 0.339 e. The molecule has 1 N–H and O–H groups in total. The molecule has 0 unspecified atom stereocenters. The van der Waals surface area contributed by atoms with Gasteiger partial charge in [0.05, 0.1) is 17.1 Å². The summed E-state index contributed by atoms with van der Waals surface area (Å²) in [5.41, 5.74) is 0.297. The number of nitrogens with zero attached hydrogens (tertiary/aromatic N) is 2. The molecule has 2 aromatic rings. The predicted molar refractivity (Wildman–Crippen MR) is 116 cm³/mol. The Labute approximate surface area is 187 Å². The van der Waals surface area contributed by atoms with Gasteiger partial charge in [-0.2, -0.15) is 4.31 Å². The lowest BCUT2D eigenvalue weighted by Crippen LogP contribution is -2.49. The Morgan fingerprint density at radius 2 is 1.72 bits per heavy atom. The minimum Gasteiger partial charge on any atom is -0.493 e. The third-order valence-electron chi connectivity index (χ3n) is 5.10. The third-order valence-corrected chi connectivity index (χ3v) is 7.00. The van der Waals surface area contributed by atoms with Gasteiger partial charge in [-0.05, 0) is 37.3 Å². The number of carbonyl (C=O) groups excluding carboxylic acids is 1. The first kappa shape index (κ1) is 23.7. The van der Waals surface area contributed by atoms with Crippen molar-refractivity contribution in [2.75, 3.05) is 45.9 Å². The fourth-order valence-electron chi connectivity index (χ4n) is 3.39. The van der Waals surface area contributed by atoms with E-state index in [9.17, 15) is 23.1 Å². The van der Waals surface area contributed by atoms with E-state index >= 15 is 0 Å². The Morgan fingerprint density at radius 1 is 1.03 bits per heavy atom. The van der Waals surface area contributed by atoms with Crippen molar-refractivity contribution in [3.05, 3.63) is 59.7 Å². The minimum atomic E-state index is -3.84. The average molecular weight is 463 g/mol. The quantitative estimate of drug-likeness (QED) is 0.563. The average Bonchev–Trinajstić information content (AvgIpc) is 2.80. The van der Waals surface area contributed by atoms with Crippen LogP contribution in [0.5, 0.6) is 5.75 Å². The van der Waals surface area contributed by atoms with Gasteiger partial charge in [0.15, 0.2) is 0 Å². The fraction of sp³-hybridized carbons (Fsp3) is 0.364. The fourth-order valence-corrected chi connectivity index (χ4v) is 4.83. The molecule has 32 heavy (non-hydrogen) atoms. The van der Waals surface area contributed by atoms with E-state index in [4.69, 9.17) is 9.47 Å². The Balaban J connectivity index is 1.55. The molecule has 1 saturated heterocycles. The van der Waals surface area contributed by atoms with Crippen molar-refractivity contribution in [3.8, 4) is 5.75 Å². The molecular formula is C22H26N2O7S. The number of rotatable bonds is 9. The molecule has 0 aromatic heterocycles. The molecule has 1 heterocycles. The number of sulfonamides is 1. The smallest absolute Gasteiger partial charge is 0.339 e. The summed E-state index contributed by atoms with van der Waals surface area (Å²) < 4.78 is 37.9. The van der Waals surface area contributed by atoms with Crippen LogP contribution in [0.25, 0.3) is 0 Å². The molecule has 0 bridgehead atoms. The van der Waals surface area contributed by atoms with Gasteiger partial charge in [-0.3, -0.25) is 4.90 Å². The topological polar surface area (TPSA) is 113 Å². The van der Waals surface area contributed by atoms with Gasteiger partial charge in [-0.1, -0.05) is 18.2 Å². The number of esters is 1. The van der Waals surface area contributed by atoms with Crippen LogP contribution >= 0.6 is 0 Å². The number of hydrogen-bond donors (Lipinski definition) is 1. The molecule has 172 valence electrons. The van der Waals surface area contributed by atoms with Crippen LogP contribution in [0.2, 0.25) is 0 Å². The Hall–Kier alpha value is -2.95. The maximum absolute atomic E-state index is 13.0. The van der Waals surface area contributed by atoms with Crippen LogP contribution in [0.4, 0.5) is 0 Å². The van der Waals surface area contributed by atoms with Crippen LogP contribution in [-0.4, -0.2) is 80.6 Å². The number of ether oxygens (including phenoxy) is 2. The van der Waals surface area contributed by atoms with Crippen LogP contribution in [0, 0.1) is 0 Å². The van der Waals surface area contributed by atoms with E-state index in [-0.39, 0.29) is 42.5 Å². The third kappa shape index (κ3) is 5.64. The number of carbonyl (C=O) groups is 2. The monoisotopic (exact) mass is 462 g/mol. The Kier molecular flexibility index (Phi) is 7.84. The van der Waals surface area contributed by atoms with Gasteiger partial charge in [0, 0.05) is 32.7 Å². The van der Waals surface area contributed by atoms with Crippen molar-refractivity contribution < 1.29 is 32.6 Å². The van der Waals surface area contributed by atoms with Gasteiger partial charge in [0.2, 0.25) is 10.0 Å². The van der Waals surface area contributed by atoms with Crippen molar-refractivity contribution in [2.24, 2.45) is 0 Å². The molecule has 0 radical (unpaired) electrons. The summed E-state index contributed by atoms with van der Waals surface area (Å²) in [7, 11) is -3.84. The number of carboxylic acids is 1. The van der Waals surface area contributed by atoms with Gasteiger partial charge in [0.25, 0.3) is 0 Å². The van der Waals surface area contributed by atoms with E-state index in [2.05, 4.69) is 0 Å². The van der Waals surface area contributed by atoms with Crippen LogP contribution in [0.1, 0.15) is 27.6 Å². The standard InChI is InChI=1S/C22H26N2O7S/c1-2-30-20-9-8-18(16-19(20)21(25)26)32(28,29)24-12-10-23(11-13-24)14-15-31-22(27)17-6-4-3-5-7-17/h3-9,16H,2,10-15H2,1H3,(H,25,26). The van der Waals surface area contributed by atoms with E-state index < -0.39 is 22.0 Å². The van der Waals surface area contributed by atoms with E-state index in [1.54, 1.807) is 31.2 Å². The molecule has 0 spiro atoms. The summed E-state index contributed by atoms with van der Waals surface area (Å²) >= 11 is 0. The summed E-state index contributed by atoms with van der Waals surface area (Å²) in [5.74, 6) is -1.51. The SMILES string of the molecule is CCOc1ccc(S(=O)(=O)N2CCN(CCOC(=O)c3ccccc3)CC2)cc1C(=O)O. The zero-order chi connectivity index (χ0) is 23.1. The van der Waals surface area contributed by atoms with Crippen LogP contribution in [-0.2, 0) is 14.8 Å². The van der Waals surface area contributed by atoms with E-state index in [1.807, 2.05) is 11.0 Å². The van der Waals surface area contributed by atoms with Crippen molar-refractivity contribution in [2.45, 2.75) is 11.8 Å². The second-order valence-electron chi connectivity index (χ2n) is 7.14. The molecule has 10 heteroatoms. The normalized spacial score (nSPS) is 15.3. The molecule has 1 fully saturated rings. The lowest BCUT2D eigenvalue weighted by molar-refractivity contribution is 0.0444. The van der Waals surface area contributed by atoms with Gasteiger partial charge in [0.1, 0.15) is 17.9 Å². The van der Waals surface area contributed by atoms with Gasteiger partial charge in [-0.25, -0.2) is 18.0 Å². The molecule has 2 aromatic carbocycles. The second kappa shape index (κ2) is 10.6. The maximum atomic E-state index is 13.0. The lowest BCUT2D eigenvalue weighted by atomic mass is 10.2. The first-order valence-corrected chi connectivity index (χ1v) is 11.7. The van der Waals surface area contributed by atoms with E-state index in [0.29, 0.717) is 25.2 Å². The number of carboxylic acid groups (broad SMARTS) is 1. The highest BCUT2D eigenvalue weighted by molar-refractivity contribution is 7.89. The zero-order valence-corrected chi connectivity index (χ0v) is 18.6. The largest absolute Gasteiger partial charge is 0.493 e. The summed E-state index contributed by atoms with van der Waals surface area (Å²) in [5, 5.41) is 9.39. The molecular weight excluding hydrogens is 436 g/mol. The minimum absolute atomic E-state index is 0.0800. The molecule has 0 amide bonds. The summed E-state index contributed by atoms with van der Waals surface area (Å²) in [6, 6.07) is 12.6. The van der Waals surface area contributed by atoms with E-state index in [0.717, 1.165) is 6.07 Å². The highest BCUT2D eigenvalue weighted by atomic mass is 32.2. The van der Waals surface area contributed by atoms with Crippen molar-refractivity contribution in [3.63, 3.8) is 0 Å². The molecule has 9 nitrogen and oxygen atoms in total. The highest BCUT2D eigenvalue weighted by Crippen LogP contribution is 2.25. The van der Waals surface area contributed by atoms with Gasteiger partial charge in [-0.15, -0.1) is 0 Å². The van der Waals surface area contributed by atoms with Crippen molar-refractivity contribution >= 4 is 22.0 Å². The van der Waals surface area contributed by atoms with Crippen LogP contribution < -0.4 is 4.74 Å². The van der Waals surface area contributed by atoms with E-state index in [1.165, 1.54) is 16.4 Å². The van der Waals surface area contributed by atoms with Gasteiger partial charge < -0.3 is 14.6 Å². The van der Waals surface area contributed by atoms with Crippen LogP contribution in [0.3, 0.4) is 0 Å². The number of hydrogen-bond acceptors (Lipinski definition) is 7. The molecule has 1 aliphatic heterocycles. The van der Waals surface area contributed by atoms with Gasteiger partial charge >= 0.3 is 11.9 Å². The predicted octanol–water partition coefficient (Wildman–Crippen LogP) is 1.95. The Morgan fingerprint density at radius 3 is 2.34 bits per heavy atom. The molecule has 3 rings (SSSR count). The zero-order valence-electron chi connectivity index (χ0n) is 17.8. The first-order chi connectivity index (χ1) is 15.3. The van der Waals surface area contributed by atoms with Crippen molar-refractivity contribution in [1.82, 2.24) is 9.21 Å². The molecule has 0 atom stereocenters. The second-order valence-corrected chi connectivity index (χ2v) is 9.08. The van der Waals surface area contributed by atoms with Crippen molar-refractivity contribution in [1.29, 1.82) is 0 Å². The first-order valence-electron chi connectivity index (χ1n) is 10.3. The van der Waals surface area contributed by atoms with Crippen LogP contribution in [0.15, 0.2) is 53.4 Å². The lowest BCUT2D eigenvalue weighted by Gasteiger charge is -2.33. The molecule has 1 aliphatic rings. The highest BCUT2D eigenvalue weighted by Gasteiger charge is 2.29. The molecule has 0 saturated carbocycles. The number of benzene rings is 2.